The number of ether oxygens (including phenoxy) is 3. The van der Waals surface area contributed by atoms with E-state index >= 15 is 0 Å². The lowest BCUT2D eigenvalue weighted by molar-refractivity contribution is -0.167. The Kier molecular flexibility index (Phi) is 47.3. The minimum atomic E-state index is -0.788. The van der Waals surface area contributed by atoms with Crippen LogP contribution in [0.25, 0.3) is 0 Å². The summed E-state index contributed by atoms with van der Waals surface area (Å²) < 4.78 is 16.7. The van der Waals surface area contributed by atoms with Crippen molar-refractivity contribution in [2.75, 3.05) is 13.2 Å². The molecule has 0 rings (SSSR count). The lowest BCUT2D eigenvalue weighted by atomic mass is 10.0. The number of unbranched alkanes of at least 4 members (excludes halogenated alkanes) is 30. The zero-order valence-electron chi connectivity index (χ0n) is 40.0. The second-order valence-electron chi connectivity index (χ2n) is 17.4. The summed E-state index contributed by atoms with van der Waals surface area (Å²) >= 11 is 0. The largest absolute Gasteiger partial charge is 0.462 e. The molecule has 0 saturated carbocycles. The number of hydrogen-bond donors (Lipinski definition) is 0. The molecule has 0 saturated heterocycles. The summed E-state index contributed by atoms with van der Waals surface area (Å²) in [5.41, 5.74) is 0. The Labute approximate surface area is 372 Å². The molecule has 0 aromatic rings. The highest BCUT2D eigenvalue weighted by molar-refractivity contribution is 5.71. The molecule has 60 heavy (non-hydrogen) atoms. The highest BCUT2D eigenvalue weighted by atomic mass is 16.6. The minimum Gasteiger partial charge on any atom is -0.462 e. The van der Waals surface area contributed by atoms with E-state index in [2.05, 4.69) is 57.2 Å². The average Bonchev–Trinajstić information content (AvgIpc) is 3.24. The van der Waals surface area contributed by atoms with E-state index in [9.17, 15) is 14.4 Å². The number of carbonyl (C=O) groups excluding carboxylic acids is 3. The van der Waals surface area contributed by atoms with Gasteiger partial charge in [-0.3, -0.25) is 14.4 Å². The van der Waals surface area contributed by atoms with Crippen LogP contribution in [0.3, 0.4) is 0 Å². The second-order valence-corrected chi connectivity index (χ2v) is 17.4. The Bertz CT molecular complexity index is 1020. The van der Waals surface area contributed by atoms with Gasteiger partial charge in [0.2, 0.25) is 0 Å². The van der Waals surface area contributed by atoms with Gasteiger partial charge in [0.25, 0.3) is 0 Å². The molecule has 0 aromatic carbocycles. The first-order chi connectivity index (χ1) is 29.5. The van der Waals surface area contributed by atoms with Crippen molar-refractivity contribution in [2.24, 2.45) is 0 Å². The Morgan fingerprint density at radius 3 is 1.07 bits per heavy atom. The summed E-state index contributed by atoms with van der Waals surface area (Å²) in [7, 11) is 0. The summed E-state index contributed by atoms with van der Waals surface area (Å²) in [5, 5.41) is 0. The minimum absolute atomic E-state index is 0.0855. The SMILES string of the molecule is CC/C=C\C/C=C\CCCCC(=O)OCC(COC(=O)CCCCCCCCCCCCCCCCCCCCC)OC(=O)CCCCC/C=C\CCCCCCCCC. The number of esters is 3. The normalized spacial score (nSPS) is 12.2. The van der Waals surface area contributed by atoms with Gasteiger partial charge in [0.1, 0.15) is 13.2 Å². The second kappa shape index (κ2) is 49.3. The van der Waals surface area contributed by atoms with Crippen LogP contribution in [0, 0.1) is 0 Å². The Morgan fingerprint density at radius 1 is 0.350 bits per heavy atom. The molecule has 0 aromatic heterocycles. The van der Waals surface area contributed by atoms with Crippen molar-refractivity contribution >= 4 is 17.9 Å². The molecule has 0 heterocycles. The molecule has 1 unspecified atom stereocenters. The molecule has 0 bridgehead atoms. The first-order valence-corrected chi connectivity index (χ1v) is 26.0. The molecule has 0 spiro atoms. The molecule has 350 valence electrons. The molecule has 1 atom stereocenters. The fourth-order valence-electron chi connectivity index (χ4n) is 7.48. The van der Waals surface area contributed by atoms with Crippen molar-refractivity contribution in [3.05, 3.63) is 36.5 Å². The molecule has 0 amide bonds. The lowest BCUT2D eigenvalue weighted by Crippen LogP contribution is -2.30. The molecule has 0 fully saturated rings. The summed E-state index contributed by atoms with van der Waals surface area (Å²) in [6, 6.07) is 0. The number of allylic oxidation sites excluding steroid dienone is 6. The van der Waals surface area contributed by atoms with Crippen LogP contribution in [0.1, 0.15) is 271 Å². The van der Waals surface area contributed by atoms with Gasteiger partial charge in [0.15, 0.2) is 6.10 Å². The maximum absolute atomic E-state index is 12.7. The zero-order chi connectivity index (χ0) is 43.7. The van der Waals surface area contributed by atoms with Crippen molar-refractivity contribution in [2.45, 2.75) is 277 Å². The Hall–Kier alpha value is -2.37. The first-order valence-electron chi connectivity index (χ1n) is 26.0. The van der Waals surface area contributed by atoms with Gasteiger partial charge in [-0.15, -0.1) is 0 Å². The smallest absolute Gasteiger partial charge is 0.306 e. The fourth-order valence-corrected chi connectivity index (χ4v) is 7.48. The van der Waals surface area contributed by atoms with Gasteiger partial charge in [-0.2, -0.15) is 0 Å². The van der Waals surface area contributed by atoms with Gasteiger partial charge < -0.3 is 14.2 Å². The Morgan fingerprint density at radius 2 is 0.650 bits per heavy atom. The monoisotopic (exact) mass is 843 g/mol. The average molecular weight is 843 g/mol. The molecule has 6 nitrogen and oxygen atoms in total. The van der Waals surface area contributed by atoms with E-state index in [1.54, 1.807) is 0 Å². The van der Waals surface area contributed by atoms with Crippen LogP contribution >= 0.6 is 0 Å². The number of rotatable bonds is 47. The predicted molar refractivity (Wildman–Crippen MR) is 256 cm³/mol. The molecule has 6 heteroatoms. The highest BCUT2D eigenvalue weighted by Gasteiger charge is 2.19. The van der Waals surface area contributed by atoms with E-state index < -0.39 is 6.10 Å². The van der Waals surface area contributed by atoms with Gasteiger partial charge in [-0.1, -0.05) is 218 Å². The van der Waals surface area contributed by atoms with Gasteiger partial charge >= 0.3 is 17.9 Å². The van der Waals surface area contributed by atoms with Gasteiger partial charge in [0, 0.05) is 19.3 Å². The summed E-state index contributed by atoms with van der Waals surface area (Å²) in [4.78, 5) is 37.8. The molecule has 0 aliphatic heterocycles. The van der Waals surface area contributed by atoms with Crippen molar-refractivity contribution in [1.29, 1.82) is 0 Å². The molecule has 0 radical (unpaired) electrons. The summed E-state index contributed by atoms with van der Waals surface area (Å²) in [6.07, 6.45) is 57.2. The fraction of sp³-hybridized carbons (Fsp3) is 0.833. The summed E-state index contributed by atoms with van der Waals surface area (Å²) in [5.74, 6) is -0.931. The van der Waals surface area contributed by atoms with Crippen LogP contribution in [0.2, 0.25) is 0 Å². The van der Waals surface area contributed by atoms with Gasteiger partial charge in [0.05, 0.1) is 0 Å². The summed E-state index contributed by atoms with van der Waals surface area (Å²) in [6.45, 7) is 6.49. The third-order valence-electron chi connectivity index (χ3n) is 11.4. The Balaban J connectivity index is 4.28. The topological polar surface area (TPSA) is 78.9 Å². The van der Waals surface area contributed by atoms with Gasteiger partial charge in [-0.05, 0) is 70.6 Å². The van der Waals surface area contributed by atoms with Gasteiger partial charge in [-0.25, -0.2) is 0 Å². The van der Waals surface area contributed by atoms with E-state index in [0.717, 1.165) is 83.5 Å². The molecule has 0 aliphatic carbocycles. The van der Waals surface area contributed by atoms with Crippen molar-refractivity contribution < 1.29 is 28.6 Å². The molecule has 0 aliphatic rings. The van der Waals surface area contributed by atoms with E-state index in [1.807, 2.05) is 0 Å². The van der Waals surface area contributed by atoms with E-state index in [0.29, 0.717) is 19.3 Å². The zero-order valence-corrected chi connectivity index (χ0v) is 40.0. The maximum atomic E-state index is 12.7. The van der Waals surface area contributed by atoms with Crippen LogP contribution < -0.4 is 0 Å². The van der Waals surface area contributed by atoms with E-state index in [4.69, 9.17) is 14.2 Å². The standard InChI is InChI=1S/C54H98O6/c1-4-7-10-13-16-19-21-23-25-26-27-28-29-31-32-35-38-41-44-47-53(56)59-50-51(49-58-52(55)46-43-40-37-34-18-15-12-9-6-3)60-54(57)48-45-42-39-36-33-30-24-22-20-17-14-11-8-5-2/h9,12,18,30,33-34,51H,4-8,10-11,13-17,19-29,31-32,35-50H2,1-3H3/b12-9-,33-30-,34-18-. The van der Waals surface area contributed by atoms with Crippen LogP contribution in [-0.2, 0) is 28.6 Å². The molecular formula is C54H98O6. The highest BCUT2D eigenvalue weighted by Crippen LogP contribution is 2.16. The third kappa shape index (κ3) is 46.7. The maximum Gasteiger partial charge on any atom is 0.306 e. The first kappa shape index (κ1) is 57.6. The van der Waals surface area contributed by atoms with Crippen LogP contribution in [-0.4, -0.2) is 37.2 Å². The number of hydrogen-bond acceptors (Lipinski definition) is 6. The van der Waals surface area contributed by atoms with Crippen LogP contribution in [0.15, 0.2) is 36.5 Å². The van der Waals surface area contributed by atoms with Crippen LogP contribution in [0.4, 0.5) is 0 Å². The van der Waals surface area contributed by atoms with E-state index in [-0.39, 0.29) is 31.1 Å². The number of carbonyl (C=O) groups is 3. The van der Waals surface area contributed by atoms with Crippen molar-refractivity contribution in [3.8, 4) is 0 Å². The van der Waals surface area contributed by atoms with Crippen molar-refractivity contribution in [3.63, 3.8) is 0 Å². The van der Waals surface area contributed by atoms with E-state index in [1.165, 1.54) is 148 Å². The molecular weight excluding hydrogens is 745 g/mol. The molecule has 0 N–H and O–H groups in total. The quantitative estimate of drug-likeness (QED) is 0.0263. The lowest BCUT2D eigenvalue weighted by Gasteiger charge is -2.18. The van der Waals surface area contributed by atoms with Crippen molar-refractivity contribution in [1.82, 2.24) is 0 Å². The third-order valence-corrected chi connectivity index (χ3v) is 11.4. The predicted octanol–water partition coefficient (Wildman–Crippen LogP) is 16.9. The van der Waals surface area contributed by atoms with Crippen LogP contribution in [0.5, 0.6) is 0 Å².